The van der Waals surface area contributed by atoms with Gasteiger partial charge in [-0.25, -0.2) is 8.78 Å². The summed E-state index contributed by atoms with van der Waals surface area (Å²) in [5.41, 5.74) is 1.75. The van der Waals surface area contributed by atoms with Gasteiger partial charge in [-0.05, 0) is 18.1 Å². The van der Waals surface area contributed by atoms with Crippen LogP contribution in [-0.4, -0.2) is 0 Å². The summed E-state index contributed by atoms with van der Waals surface area (Å²) in [4.78, 5) is 0. The van der Waals surface area contributed by atoms with E-state index in [1.165, 1.54) is 17.7 Å². The zero-order valence-corrected chi connectivity index (χ0v) is 6.98. The molecule has 64 valence electrons. The van der Waals surface area contributed by atoms with E-state index >= 15 is 0 Å². The van der Waals surface area contributed by atoms with Gasteiger partial charge in [0, 0.05) is 11.6 Å². The van der Waals surface area contributed by atoms with E-state index in [4.69, 9.17) is 11.6 Å². The van der Waals surface area contributed by atoms with Crippen LogP contribution in [0, 0.1) is 11.6 Å². The Balaban J connectivity index is 2.86. The maximum absolute atomic E-state index is 12.9. The molecule has 0 aliphatic rings. The van der Waals surface area contributed by atoms with Crippen molar-refractivity contribution in [1.29, 1.82) is 0 Å². The monoisotopic (exact) mass is 188 g/mol. The molecule has 0 amide bonds. The number of rotatable bonds is 2. The average Bonchev–Trinajstić information content (AvgIpc) is 2.03. The van der Waals surface area contributed by atoms with Gasteiger partial charge >= 0.3 is 0 Å². The minimum absolute atomic E-state index is 0.385. The lowest BCUT2D eigenvalue weighted by atomic mass is 10.1. The highest BCUT2D eigenvalue weighted by molar-refractivity contribution is 6.25. The van der Waals surface area contributed by atoms with Crippen LogP contribution in [0.2, 0.25) is 0 Å². The summed E-state index contributed by atoms with van der Waals surface area (Å²) in [6, 6.07) is 3.49. The maximum atomic E-state index is 12.9. The molecular formula is C9H7ClF2. The van der Waals surface area contributed by atoms with Gasteiger partial charge in [0.25, 0.3) is 0 Å². The summed E-state index contributed by atoms with van der Waals surface area (Å²) in [7, 11) is 0. The Morgan fingerprint density at radius 3 is 2.67 bits per heavy atom. The minimum atomic E-state index is -0.564. The Kier molecular flexibility index (Phi) is 3.23. The predicted octanol–water partition coefficient (Wildman–Crippen LogP) is 3.26. The standard InChI is InChI=1S/C9H7ClF2/c10-5-1-2-7-3-4-8(11)6-9(7)12/h1,3-6H,2H2. The molecule has 12 heavy (non-hydrogen) atoms. The van der Waals surface area contributed by atoms with Crippen LogP contribution >= 0.6 is 11.6 Å². The molecule has 0 saturated carbocycles. The predicted molar refractivity (Wildman–Crippen MR) is 45.1 cm³/mol. The van der Waals surface area contributed by atoms with Crippen LogP contribution in [-0.2, 0) is 6.42 Å². The number of allylic oxidation sites excluding steroid dienone is 1. The first-order valence-corrected chi connectivity index (χ1v) is 3.87. The van der Waals surface area contributed by atoms with E-state index in [2.05, 4.69) is 0 Å². The van der Waals surface area contributed by atoms with Gasteiger partial charge in [0.2, 0.25) is 0 Å². The second kappa shape index (κ2) is 4.21. The summed E-state index contributed by atoms with van der Waals surface area (Å²) >= 11 is 5.26. The van der Waals surface area contributed by atoms with E-state index in [1.807, 2.05) is 0 Å². The molecule has 0 atom stereocenters. The Bertz CT molecular complexity index is 295. The van der Waals surface area contributed by atoms with E-state index in [1.54, 1.807) is 6.08 Å². The van der Waals surface area contributed by atoms with E-state index in [9.17, 15) is 8.78 Å². The third-order valence-electron chi connectivity index (χ3n) is 1.44. The van der Waals surface area contributed by atoms with Gasteiger partial charge in [-0.15, -0.1) is 0 Å². The fraction of sp³-hybridized carbons (Fsp3) is 0.111. The Morgan fingerprint density at radius 1 is 1.33 bits per heavy atom. The summed E-state index contributed by atoms with van der Waals surface area (Å²) in [6.07, 6.45) is 1.98. The Labute approximate surface area is 74.5 Å². The molecule has 0 aromatic heterocycles. The highest BCUT2D eigenvalue weighted by Gasteiger charge is 2.00. The third kappa shape index (κ3) is 2.31. The van der Waals surface area contributed by atoms with Gasteiger partial charge in [0.1, 0.15) is 11.6 Å². The van der Waals surface area contributed by atoms with E-state index in [0.717, 1.165) is 6.07 Å². The van der Waals surface area contributed by atoms with Gasteiger partial charge in [0.15, 0.2) is 0 Å². The van der Waals surface area contributed by atoms with Crippen LogP contribution in [0.5, 0.6) is 0 Å². The molecule has 0 unspecified atom stereocenters. The highest BCUT2D eigenvalue weighted by Crippen LogP contribution is 2.10. The fourth-order valence-corrected chi connectivity index (χ4v) is 0.948. The second-order valence-electron chi connectivity index (χ2n) is 2.30. The first-order valence-electron chi connectivity index (χ1n) is 3.43. The number of hydrogen-bond acceptors (Lipinski definition) is 0. The molecule has 0 spiro atoms. The summed E-state index contributed by atoms with van der Waals surface area (Å²) < 4.78 is 25.2. The van der Waals surface area contributed by atoms with Gasteiger partial charge in [-0.2, -0.15) is 0 Å². The van der Waals surface area contributed by atoms with Crippen molar-refractivity contribution in [2.24, 2.45) is 0 Å². The Morgan fingerprint density at radius 2 is 2.08 bits per heavy atom. The molecule has 0 heterocycles. The summed E-state index contributed by atoms with van der Waals surface area (Å²) in [5.74, 6) is -1.10. The average molecular weight is 189 g/mol. The third-order valence-corrected chi connectivity index (χ3v) is 1.62. The van der Waals surface area contributed by atoms with Crippen molar-refractivity contribution in [2.75, 3.05) is 0 Å². The lowest BCUT2D eigenvalue weighted by Crippen LogP contribution is -1.88. The van der Waals surface area contributed by atoms with Crippen LogP contribution < -0.4 is 0 Å². The molecule has 0 radical (unpaired) electrons. The van der Waals surface area contributed by atoms with Crippen LogP contribution in [0.25, 0.3) is 0 Å². The molecule has 0 bridgehead atoms. The number of halogens is 3. The van der Waals surface area contributed by atoms with Crippen LogP contribution in [0.3, 0.4) is 0 Å². The fourth-order valence-electron chi connectivity index (χ4n) is 0.859. The van der Waals surface area contributed by atoms with Gasteiger partial charge in [-0.1, -0.05) is 23.7 Å². The van der Waals surface area contributed by atoms with Gasteiger partial charge in [0.05, 0.1) is 0 Å². The van der Waals surface area contributed by atoms with Crippen LogP contribution in [0.15, 0.2) is 29.8 Å². The van der Waals surface area contributed by atoms with Crippen molar-refractivity contribution in [3.63, 3.8) is 0 Å². The molecule has 0 saturated heterocycles. The van der Waals surface area contributed by atoms with Crippen molar-refractivity contribution in [2.45, 2.75) is 6.42 Å². The quantitative estimate of drug-likeness (QED) is 0.668. The van der Waals surface area contributed by atoms with E-state index in [0.29, 0.717) is 12.0 Å². The van der Waals surface area contributed by atoms with E-state index < -0.39 is 11.6 Å². The maximum Gasteiger partial charge on any atom is 0.129 e. The zero-order chi connectivity index (χ0) is 8.97. The molecule has 0 nitrogen and oxygen atoms in total. The molecule has 1 aromatic rings. The SMILES string of the molecule is Fc1ccc(CC=CCl)c(F)c1. The Hall–Kier alpha value is -0.890. The molecule has 0 aliphatic carbocycles. The zero-order valence-electron chi connectivity index (χ0n) is 6.23. The lowest BCUT2D eigenvalue weighted by Gasteiger charge is -1.97. The highest BCUT2D eigenvalue weighted by atomic mass is 35.5. The number of benzene rings is 1. The summed E-state index contributed by atoms with van der Waals surface area (Å²) in [6.45, 7) is 0. The van der Waals surface area contributed by atoms with Crippen molar-refractivity contribution in [3.8, 4) is 0 Å². The molecule has 1 aromatic carbocycles. The normalized spacial score (nSPS) is 10.9. The van der Waals surface area contributed by atoms with Crippen molar-refractivity contribution < 1.29 is 8.78 Å². The summed E-state index contributed by atoms with van der Waals surface area (Å²) in [5, 5.41) is 0. The molecule has 1 rings (SSSR count). The second-order valence-corrected chi connectivity index (χ2v) is 2.55. The molecule has 0 N–H and O–H groups in total. The molecule has 0 aliphatic heterocycles. The topological polar surface area (TPSA) is 0 Å². The first-order chi connectivity index (χ1) is 5.74. The smallest absolute Gasteiger partial charge is 0.129 e. The van der Waals surface area contributed by atoms with Crippen LogP contribution in [0.4, 0.5) is 8.78 Å². The largest absolute Gasteiger partial charge is 0.207 e. The number of hydrogen-bond donors (Lipinski definition) is 0. The minimum Gasteiger partial charge on any atom is -0.207 e. The van der Waals surface area contributed by atoms with E-state index in [-0.39, 0.29) is 0 Å². The van der Waals surface area contributed by atoms with Crippen molar-refractivity contribution >= 4 is 11.6 Å². The molecule has 0 fully saturated rings. The van der Waals surface area contributed by atoms with Crippen molar-refractivity contribution in [1.82, 2.24) is 0 Å². The molecular weight excluding hydrogens is 182 g/mol. The van der Waals surface area contributed by atoms with Gasteiger partial charge < -0.3 is 0 Å². The van der Waals surface area contributed by atoms with Gasteiger partial charge in [-0.3, -0.25) is 0 Å². The first kappa shape index (κ1) is 9.20. The lowest BCUT2D eigenvalue weighted by molar-refractivity contribution is 0.575. The van der Waals surface area contributed by atoms with Crippen molar-refractivity contribution in [3.05, 3.63) is 47.0 Å². The van der Waals surface area contributed by atoms with Crippen LogP contribution in [0.1, 0.15) is 5.56 Å². The molecule has 3 heteroatoms.